The van der Waals surface area contributed by atoms with Crippen LogP contribution in [0.5, 0.6) is 5.75 Å². The van der Waals surface area contributed by atoms with Gasteiger partial charge in [-0.25, -0.2) is 9.78 Å². The number of nitrogens with one attached hydrogen (secondary N) is 1. The highest BCUT2D eigenvalue weighted by Crippen LogP contribution is 2.26. The van der Waals surface area contributed by atoms with Crippen LogP contribution in [0.4, 0.5) is 4.79 Å². The highest BCUT2D eigenvalue weighted by atomic mass is 32.2. The van der Waals surface area contributed by atoms with Crippen molar-refractivity contribution in [1.29, 1.82) is 0 Å². The van der Waals surface area contributed by atoms with Crippen molar-refractivity contribution in [3.8, 4) is 11.4 Å². The lowest BCUT2D eigenvalue weighted by molar-refractivity contribution is 0.0465. The molecule has 1 aromatic carbocycles. The molecule has 0 unspecified atom stereocenters. The first-order valence-corrected chi connectivity index (χ1v) is 10.7. The van der Waals surface area contributed by atoms with E-state index in [1.807, 2.05) is 35.0 Å². The van der Waals surface area contributed by atoms with E-state index in [4.69, 9.17) is 14.0 Å². The fourth-order valence-corrected chi connectivity index (χ4v) is 3.47. The molecular weight excluding hydrogens is 418 g/mol. The normalized spacial score (nSPS) is 11.9. The van der Waals surface area contributed by atoms with Crippen molar-refractivity contribution in [3.05, 3.63) is 48.4 Å². The molecule has 0 bridgehead atoms. The van der Waals surface area contributed by atoms with Gasteiger partial charge in [0.1, 0.15) is 16.9 Å². The molecule has 0 radical (unpaired) electrons. The summed E-state index contributed by atoms with van der Waals surface area (Å²) < 4.78 is 17.9. The van der Waals surface area contributed by atoms with Crippen LogP contribution in [0, 0.1) is 0 Å². The Hall–Kier alpha value is -3.01. The lowest BCUT2D eigenvalue weighted by Gasteiger charge is -2.26. The Morgan fingerprint density at radius 1 is 1.26 bits per heavy atom. The monoisotopic (exact) mass is 445 g/mol. The molecule has 0 aliphatic heterocycles. The smallest absolute Gasteiger partial charge is 0.408 e. The van der Waals surface area contributed by atoms with Gasteiger partial charge in [-0.15, -0.1) is 0 Å². The van der Waals surface area contributed by atoms with Gasteiger partial charge in [0.15, 0.2) is 11.0 Å². The highest BCUT2D eigenvalue weighted by molar-refractivity contribution is 7.98. The van der Waals surface area contributed by atoms with Crippen LogP contribution in [0.1, 0.15) is 46.3 Å². The molecule has 31 heavy (non-hydrogen) atoms. The third kappa shape index (κ3) is 6.00. The quantitative estimate of drug-likeness (QED) is 0.536. The number of nitrogens with zero attached hydrogens (tertiary/aromatic N) is 4. The number of imidazole rings is 1. The topological polar surface area (TPSA) is 104 Å². The van der Waals surface area contributed by atoms with Gasteiger partial charge in [0, 0.05) is 18.5 Å². The molecule has 0 atom stereocenters. The fourth-order valence-electron chi connectivity index (χ4n) is 2.66. The Kier molecular flexibility index (Phi) is 6.59. The fraction of sp³-hybridized carbons (Fsp3) is 0.429. The maximum atomic E-state index is 12.1. The van der Waals surface area contributed by atoms with Crippen LogP contribution in [0.25, 0.3) is 5.69 Å². The van der Waals surface area contributed by atoms with Crippen LogP contribution >= 0.6 is 11.8 Å². The van der Waals surface area contributed by atoms with Crippen LogP contribution < -0.4 is 10.1 Å². The lowest BCUT2D eigenvalue weighted by Crippen LogP contribution is -2.44. The molecule has 166 valence electrons. The number of aromatic nitrogens is 4. The molecular formula is C21H27N5O4S. The van der Waals surface area contributed by atoms with Gasteiger partial charge >= 0.3 is 6.09 Å². The van der Waals surface area contributed by atoms with Gasteiger partial charge in [0.25, 0.3) is 0 Å². The van der Waals surface area contributed by atoms with Gasteiger partial charge in [-0.3, -0.25) is 4.57 Å². The molecule has 0 aliphatic carbocycles. The number of carbonyl (C=O) groups excluding carboxylic acids is 1. The predicted molar refractivity (Wildman–Crippen MR) is 116 cm³/mol. The third-order valence-electron chi connectivity index (χ3n) is 4.10. The van der Waals surface area contributed by atoms with E-state index in [9.17, 15) is 4.79 Å². The molecule has 9 nitrogen and oxygen atoms in total. The number of alkyl carbamates (subject to hydrolysis) is 1. The van der Waals surface area contributed by atoms with Crippen LogP contribution in [-0.4, -0.2) is 38.5 Å². The number of thioether (sulfide) groups is 1. The zero-order valence-corrected chi connectivity index (χ0v) is 19.3. The molecule has 1 N–H and O–H groups in total. The van der Waals surface area contributed by atoms with Crippen LogP contribution in [0.3, 0.4) is 0 Å². The lowest BCUT2D eigenvalue weighted by atomic mass is 10.1. The van der Waals surface area contributed by atoms with E-state index in [0.29, 0.717) is 17.5 Å². The maximum absolute atomic E-state index is 12.1. The summed E-state index contributed by atoms with van der Waals surface area (Å²) in [6, 6.07) is 7.72. The zero-order valence-electron chi connectivity index (χ0n) is 18.5. The molecule has 2 aromatic heterocycles. The van der Waals surface area contributed by atoms with E-state index in [1.54, 1.807) is 47.9 Å². The van der Waals surface area contributed by atoms with Crippen molar-refractivity contribution in [2.75, 3.05) is 7.11 Å². The number of amides is 1. The molecule has 2 heterocycles. The summed E-state index contributed by atoms with van der Waals surface area (Å²) in [5.41, 5.74) is -0.509. The van der Waals surface area contributed by atoms with E-state index >= 15 is 0 Å². The Bertz CT molecular complexity index is 1040. The van der Waals surface area contributed by atoms with E-state index in [1.165, 1.54) is 11.8 Å². The van der Waals surface area contributed by atoms with Crippen molar-refractivity contribution in [2.45, 2.75) is 56.7 Å². The Morgan fingerprint density at radius 3 is 2.74 bits per heavy atom. The third-order valence-corrected chi connectivity index (χ3v) is 5.06. The summed E-state index contributed by atoms with van der Waals surface area (Å²) >= 11 is 1.46. The van der Waals surface area contributed by atoms with Gasteiger partial charge in [0.2, 0.25) is 5.89 Å². The molecule has 1 amide bonds. The minimum absolute atomic E-state index is 0.366. The van der Waals surface area contributed by atoms with Gasteiger partial charge in [0.05, 0.1) is 18.6 Å². The second kappa shape index (κ2) is 9.01. The molecule has 0 saturated heterocycles. The van der Waals surface area contributed by atoms with Gasteiger partial charge < -0.3 is 19.3 Å². The molecule has 3 aromatic rings. The summed E-state index contributed by atoms with van der Waals surface area (Å²) in [7, 11) is 1.63. The van der Waals surface area contributed by atoms with Crippen molar-refractivity contribution in [2.24, 2.45) is 0 Å². The first kappa shape index (κ1) is 22.7. The van der Waals surface area contributed by atoms with Crippen molar-refractivity contribution in [3.63, 3.8) is 0 Å². The summed E-state index contributed by atoms with van der Waals surface area (Å²) in [5.74, 6) is 1.99. The Labute approximate surface area is 185 Å². The van der Waals surface area contributed by atoms with E-state index in [0.717, 1.165) is 16.6 Å². The summed E-state index contributed by atoms with van der Waals surface area (Å²) in [4.78, 5) is 21.0. The van der Waals surface area contributed by atoms with Gasteiger partial charge in [-0.2, -0.15) is 4.98 Å². The largest absolute Gasteiger partial charge is 0.497 e. The van der Waals surface area contributed by atoms with Gasteiger partial charge in [-0.05, 0) is 46.8 Å². The Balaban J connectivity index is 1.66. The number of rotatable bonds is 7. The first-order chi connectivity index (χ1) is 14.6. The number of ether oxygens (including phenoxy) is 2. The number of carbonyl (C=O) groups is 1. The maximum Gasteiger partial charge on any atom is 0.408 e. The van der Waals surface area contributed by atoms with Crippen molar-refractivity contribution >= 4 is 17.9 Å². The number of benzene rings is 1. The number of methoxy groups -OCH3 is 1. The summed E-state index contributed by atoms with van der Waals surface area (Å²) in [5, 5.41) is 7.58. The highest BCUT2D eigenvalue weighted by Gasteiger charge is 2.31. The van der Waals surface area contributed by atoms with E-state index in [2.05, 4.69) is 20.4 Å². The average Bonchev–Trinajstić information content (AvgIpc) is 3.34. The van der Waals surface area contributed by atoms with E-state index < -0.39 is 17.2 Å². The van der Waals surface area contributed by atoms with Gasteiger partial charge in [-0.1, -0.05) is 23.0 Å². The van der Waals surface area contributed by atoms with Crippen molar-refractivity contribution in [1.82, 2.24) is 25.0 Å². The number of hydrogen-bond acceptors (Lipinski definition) is 8. The molecule has 10 heteroatoms. The van der Waals surface area contributed by atoms with Crippen LogP contribution in [-0.2, 0) is 16.0 Å². The van der Waals surface area contributed by atoms with Crippen LogP contribution in [0.15, 0.2) is 46.3 Å². The van der Waals surface area contributed by atoms with Crippen molar-refractivity contribution < 1.29 is 18.8 Å². The average molecular weight is 446 g/mol. The second-order valence-corrected chi connectivity index (χ2v) is 9.28. The predicted octanol–water partition coefficient (Wildman–Crippen LogP) is 4.32. The molecule has 0 saturated carbocycles. The summed E-state index contributed by atoms with van der Waals surface area (Å²) in [6.45, 7) is 8.98. The first-order valence-electron chi connectivity index (χ1n) is 9.72. The Morgan fingerprint density at radius 2 is 2.03 bits per heavy atom. The zero-order chi connectivity index (χ0) is 22.6. The molecule has 3 rings (SSSR count). The minimum Gasteiger partial charge on any atom is -0.497 e. The molecule has 0 spiro atoms. The minimum atomic E-state index is -0.853. The number of hydrogen-bond donors (Lipinski definition) is 1. The SMILES string of the molecule is COc1cccc(-n2ccnc2SCc2nc(C(C)(C)NC(=O)OC(C)(C)C)no2)c1. The molecule has 0 fully saturated rings. The summed E-state index contributed by atoms with van der Waals surface area (Å²) in [6.07, 6.45) is 3.07. The standard InChI is InChI=1S/C21H27N5O4S/c1-20(2,3)29-19(27)24-21(4,5)17-23-16(30-25-17)13-31-18-22-10-11-26(18)14-8-7-9-15(12-14)28-6/h7-12H,13H2,1-6H3,(H,24,27). The second-order valence-electron chi connectivity index (χ2n) is 8.33. The van der Waals surface area contributed by atoms with Crippen LogP contribution in [0.2, 0.25) is 0 Å². The molecule has 0 aliphatic rings. The van der Waals surface area contributed by atoms with E-state index in [-0.39, 0.29) is 0 Å².